The molecule has 2 aromatic carbocycles. The van der Waals surface area contributed by atoms with Gasteiger partial charge in [0, 0.05) is 61.7 Å². The van der Waals surface area contributed by atoms with Gasteiger partial charge in [0.15, 0.2) is 0 Å². The summed E-state index contributed by atoms with van der Waals surface area (Å²) in [5.74, 6) is 0.0609. The second-order valence-corrected chi connectivity index (χ2v) is 11.5. The molecule has 0 spiro atoms. The molecule has 0 N–H and O–H groups in total. The van der Waals surface area contributed by atoms with E-state index < -0.39 is 5.97 Å². The van der Waals surface area contributed by atoms with Crippen molar-refractivity contribution in [1.82, 2.24) is 9.88 Å². The molecular formula is C34H33ClN4O6. The van der Waals surface area contributed by atoms with Gasteiger partial charge in [0.25, 0.3) is 5.91 Å². The van der Waals surface area contributed by atoms with Crippen LogP contribution in [0.2, 0.25) is 5.02 Å². The summed E-state index contributed by atoms with van der Waals surface area (Å²) in [6.07, 6.45) is 8.32. The molecular weight excluding hydrogens is 596 g/mol. The van der Waals surface area contributed by atoms with Crippen LogP contribution in [0.3, 0.4) is 0 Å². The van der Waals surface area contributed by atoms with E-state index in [1.807, 2.05) is 25.1 Å². The van der Waals surface area contributed by atoms with Crippen molar-refractivity contribution in [3.05, 3.63) is 82.8 Å². The van der Waals surface area contributed by atoms with Crippen LogP contribution < -0.4 is 14.5 Å². The number of nitrogens with zero attached hydrogens (tertiary/aromatic N) is 4. The third-order valence-corrected chi connectivity index (χ3v) is 8.26. The second kappa shape index (κ2) is 12.6. The molecule has 0 saturated heterocycles. The Hall–Kier alpha value is -4.83. The number of carbonyl (C=O) groups excluding carboxylic acids is 3. The molecule has 1 aliphatic carbocycles. The lowest BCUT2D eigenvalue weighted by Gasteiger charge is -2.38. The smallest absolute Gasteiger partial charge is 0.325 e. The van der Waals surface area contributed by atoms with Gasteiger partial charge in [-0.1, -0.05) is 23.7 Å². The van der Waals surface area contributed by atoms with Crippen molar-refractivity contribution in [3.8, 4) is 11.5 Å². The Kier molecular flexibility index (Phi) is 8.49. The van der Waals surface area contributed by atoms with Gasteiger partial charge >= 0.3 is 5.97 Å². The van der Waals surface area contributed by atoms with Crippen molar-refractivity contribution < 1.29 is 28.3 Å². The molecule has 2 aromatic heterocycles. The van der Waals surface area contributed by atoms with Crippen LogP contribution in [0.5, 0.6) is 11.5 Å². The Morgan fingerprint density at radius 3 is 2.64 bits per heavy atom. The summed E-state index contributed by atoms with van der Waals surface area (Å²) in [5, 5.41) is 1.02. The molecule has 0 atom stereocenters. The predicted molar refractivity (Wildman–Crippen MR) is 172 cm³/mol. The maximum atomic E-state index is 14.0. The normalized spacial score (nSPS) is 14.5. The third kappa shape index (κ3) is 6.23. The average molecular weight is 629 g/mol. The van der Waals surface area contributed by atoms with Crippen molar-refractivity contribution in [3.63, 3.8) is 0 Å². The summed E-state index contributed by atoms with van der Waals surface area (Å²) in [5.41, 5.74) is 3.52. The molecule has 1 fully saturated rings. The van der Waals surface area contributed by atoms with Crippen LogP contribution in [0.25, 0.3) is 17.0 Å². The number of likely N-dealkylation sites (N-methyl/N-ethyl adjacent to an activating group) is 1. The molecule has 232 valence electrons. The second-order valence-electron chi connectivity index (χ2n) is 11.0. The van der Waals surface area contributed by atoms with Crippen LogP contribution in [0.15, 0.2) is 65.4 Å². The molecule has 2 aliphatic rings. The minimum atomic E-state index is -0.483. The molecule has 10 nitrogen and oxygen atoms in total. The van der Waals surface area contributed by atoms with Crippen molar-refractivity contribution >= 4 is 57.8 Å². The summed E-state index contributed by atoms with van der Waals surface area (Å²) in [7, 11) is 1.52. The number of amides is 2. The molecule has 45 heavy (non-hydrogen) atoms. The quantitative estimate of drug-likeness (QED) is 0.158. The number of hydrogen-bond donors (Lipinski definition) is 0. The summed E-state index contributed by atoms with van der Waals surface area (Å²) in [6.45, 7) is 4.97. The molecule has 2 amide bonds. The van der Waals surface area contributed by atoms with Gasteiger partial charge in [0.2, 0.25) is 5.91 Å². The first-order valence-electron chi connectivity index (χ1n) is 14.9. The van der Waals surface area contributed by atoms with E-state index in [1.54, 1.807) is 42.3 Å². The Balaban J connectivity index is 1.24. The third-order valence-electron chi connectivity index (χ3n) is 7.96. The highest BCUT2D eigenvalue weighted by atomic mass is 35.5. The Morgan fingerprint density at radius 2 is 1.89 bits per heavy atom. The lowest BCUT2D eigenvalue weighted by atomic mass is 10.1. The molecule has 1 saturated carbocycles. The van der Waals surface area contributed by atoms with Crippen LogP contribution in [-0.4, -0.2) is 67.0 Å². The standard InChI is InChI=1S/C34H33ClN4O6/c1-4-43-33(41)20-37(3)32(40)12-11-28-21(2)23-17-31(25(35)18-30(23)44-28)45-29-13-14-36-19-24(29)34(42)39-16-15-38(22-9-10-22)26-7-5-6-8-27(26)39/h5-8,11-14,17-19,22H,4,9-10,15-16,20H2,1-3H3. The molecule has 3 heterocycles. The fourth-order valence-electron chi connectivity index (χ4n) is 5.49. The number of anilines is 2. The van der Waals surface area contributed by atoms with Crippen molar-refractivity contribution in [1.29, 1.82) is 0 Å². The number of esters is 1. The zero-order valence-electron chi connectivity index (χ0n) is 25.3. The Labute approximate surface area is 265 Å². The molecule has 4 aromatic rings. The summed E-state index contributed by atoms with van der Waals surface area (Å²) < 4.78 is 17.2. The maximum absolute atomic E-state index is 14.0. The number of aryl methyl sites for hydroxylation is 1. The number of pyridine rings is 1. The van der Waals surface area contributed by atoms with E-state index in [2.05, 4.69) is 16.0 Å². The fraction of sp³-hybridized carbons (Fsp3) is 0.294. The van der Waals surface area contributed by atoms with E-state index in [4.69, 9.17) is 25.5 Å². The van der Waals surface area contributed by atoms with Crippen LogP contribution in [0.1, 0.15) is 41.4 Å². The van der Waals surface area contributed by atoms with Crippen LogP contribution >= 0.6 is 11.6 Å². The van der Waals surface area contributed by atoms with Gasteiger partial charge in [0.05, 0.1) is 23.0 Å². The van der Waals surface area contributed by atoms with Crippen molar-refractivity contribution in [2.75, 3.05) is 43.1 Å². The number of furan rings is 1. The highest BCUT2D eigenvalue weighted by molar-refractivity contribution is 6.32. The molecule has 11 heteroatoms. The average Bonchev–Trinajstić information content (AvgIpc) is 3.84. The topological polar surface area (TPSA) is 105 Å². The van der Waals surface area contributed by atoms with E-state index in [9.17, 15) is 14.4 Å². The van der Waals surface area contributed by atoms with Gasteiger partial charge in [-0.3, -0.25) is 19.4 Å². The number of ether oxygens (including phenoxy) is 2. The Bertz CT molecular complexity index is 1810. The largest absolute Gasteiger partial charge is 0.465 e. The highest BCUT2D eigenvalue weighted by Crippen LogP contribution is 2.42. The SMILES string of the molecule is CCOC(=O)CN(C)C(=O)C=Cc1oc2cc(Cl)c(Oc3ccncc3C(=O)N3CCN(C4CC4)c4ccccc43)cc2c1C. The molecule has 0 radical (unpaired) electrons. The number of hydrogen-bond acceptors (Lipinski definition) is 8. The van der Waals surface area contributed by atoms with Gasteiger partial charge in [-0.05, 0) is 57.0 Å². The number of benzene rings is 2. The fourth-order valence-corrected chi connectivity index (χ4v) is 5.68. The monoisotopic (exact) mass is 628 g/mol. The number of aromatic nitrogens is 1. The Morgan fingerprint density at radius 1 is 1.11 bits per heavy atom. The van der Waals surface area contributed by atoms with Crippen molar-refractivity contribution in [2.45, 2.75) is 32.7 Å². The minimum Gasteiger partial charge on any atom is -0.465 e. The van der Waals surface area contributed by atoms with Crippen LogP contribution in [0.4, 0.5) is 11.4 Å². The van der Waals surface area contributed by atoms with Gasteiger partial charge < -0.3 is 28.6 Å². The molecule has 0 unspecified atom stereocenters. The summed E-state index contributed by atoms with van der Waals surface area (Å²) in [4.78, 5) is 47.9. The predicted octanol–water partition coefficient (Wildman–Crippen LogP) is 6.25. The number of fused-ring (bicyclic) bond motifs is 2. The minimum absolute atomic E-state index is 0.158. The van der Waals surface area contributed by atoms with E-state index in [0.29, 0.717) is 41.0 Å². The summed E-state index contributed by atoms with van der Waals surface area (Å²) in [6, 6.07) is 13.6. The van der Waals surface area contributed by atoms with Gasteiger partial charge in [-0.25, -0.2) is 0 Å². The maximum Gasteiger partial charge on any atom is 0.325 e. The first-order valence-corrected chi connectivity index (χ1v) is 15.2. The number of carbonyl (C=O) groups is 3. The van der Waals surface area contributed by atoms with Crippen LogP contribution in [0, 0.1) is 6.92 Å². The number of halogens is 1. The van der Waals surface area contributed by atoms with E-state index in [0.717, 1.165) is 28.9 Å². The first kappa shape index (κ1) is 30.2. The molecule has 0 bridgehead atoms. The van der Waals surface area contributed by atoms with Crippen LogP contribution in [-0.2, 0) is 14.3 Å². The lowest BCUT2D eigenvalue weighted by molar-refractivity contribution is -0.146. The van der Waals surface area contributed by atoms with Gasteiger partial charge in [-0.15, -0.1) is 0 Å². The molecule has 1 aliphatic heterocycles. The van der Waals surface area contributed by atoms with E-state index in [1.165, 1.54) is 37.1 Å². The van der Waals surface area contributed by atoms with E-state index >= 15 is 0 Å². The zero-order chi connectivity index (χ0) is 31.7. The number of rotatable bonds is 9. The highest BCUT2D eigenvalue weighted by Gasteiger charge is 2.36. The summed E-state index contributed by atoms with van der Waals surface area (Å²) >= 11 is 6.63. The van der Waals surface area contributed by atoms with Gasteiger partial charge in [0.1, 0.15) is 35.0 Å². The van der Waals surface area contributed by atoms with Gasteiger partial charge in [-0.2, -0.15) is 0 Å². The molecule has 6 rings (SSSR count). The van der Waals surface area contributed by atoms with E-state index in [-0.39, 0.29) is 30.0 Å². The number of para-hydroxylation sites is 2. The zero-order valence-corrected chi connectivity index (χ0v) is 26.0. The lowest BCUT2D eigenvalue weighted by Crippen LogP contribution is -2.45. The first-order chi connectivity index (χ1) is 21.7. The van der Waals surface area contributed by atoms with Crippen molar-refractivity contribution in [2.24, 2.45) is 0 Å².